The fraction of sp³-hybridized carbons (Fsp3) is 0.545. The maximum atomic E-state index is 14.0. The molecule has 0 spiro atoms. The third-order valence-electron chi connectivity index (χ3n) is 9.20. The lowest BCUT2D eigenvalue weighted by molar-refractivity contribution is -0.343. The molecule has 1 aromatic heterocycles. The summed E-state index contributed by atoms with van der Waals surface area (Å²) < 4.78 is 45.2. The van der Waals surface area contributed by atoms with Crippen molar-refractivity contribution in [1.29, 1.82) is 0 Å². The van der Waals surface area contributed by atoms with E-state index in [0.717, 1.165) is 18.2 Å². The third-order valence-corrected chi connectivity index (χ3v) is 9.20. The minimum atomic E-state index is -1.86. The first kappa shape index (κ1) is 38.8. The number of hydrogen-bond acceptors (Lipinski definition) is 20. The van der Waals surface area contributed by atoms with Crippen molar-refractivity contribution in [3.8, 4) is 40.1 Å². The highest BCUT2D eigenvalue weighted by Gasteiger charge is 2.49. The second kappa shape index (κ2) is 15.5. The van der Waals surface area contributed by atoms with Crippen LogP contribution in [0.4, 0.5) is 0 Å². The number of aliphatic hydroxyl groups is 9. The van der Waals surface area contributed by atoms with Crippen molar-refractivity contribution in [1.82, 2.24) is 0 Å². The quantitative estimate of drug-likeness (QED) is 0.0954. The molecule has 3 aliphatic heterocycles. The van der Waals surface area contributed by atoms with Crippen LogP contribution in [-0.4, -0.2) is 163 Å². The van der Waals surface area contributed by atoms with Crippen molar-refractivity contribution in [2.24, 2.45) is 0 Å². The van der Waals surface area contributed by atoms with Gasteiger partial charge in [-0.25, -0.2) is 0 Å². The minimum Gasteiger partial charge on any atom is -0.504 e. The van der Waals surface area contributed by atoms with Gasteiger partial charge in [-0.2, -0.15) is 0 Å². The molecule has 20 heteroatoms. The van der Waals surface area contributed by atoms with Gasteiger partial charge in [-0.3, -0.25) is 4.79 Å². The Labute approximate surface area is 298 Å². The summed E-state index contributed by atoms with van der Waals surface area (Å²) in [6.07, 6.45) is -22.9. The van der Waals surface area contributed by atoms with Gasteiger partial charge in [-0.15, -0.1) is 0 Å². The molecule has 20 nitrogen and oxygen atoms in total. The van der Waals surface area contributed by atoms with E-state index in [9.17, 15) is 61.0 Å². The van der Waals surface area contributed by atoms with Crippen LogP contribution in [0.15, 0.2) is 39.5 Å². The number of benzene rings is 2. The molecule has 6 rings (SSSR count). The fourth-order valence-electron chi connectivity index (χ4n) is 6.19. The maximum Gasteiger partial charge on any atom is 0.239 e. The number of aromatic hydroxyl groups is 2. The van der Waals surface area contributed by atoms with E-state index in [1.807, 2.05) is 0 Å². The fourth-order valence-corrected chi connectivity index (χ4v) is 6.19. The molecule has 14 unspecified atom stereocenters. The Morgan fingerprint density at radius 3 is 2.15 bits per heavy atom. The van der Waals surface area contributed by atoms with Crippen LogP contribution >= 0.6 is 0 Å². The molecule has 11 N–H and O–H groups in total. The topological polar surface area (TPSA) is 317 Å². The molecule has 0 bridgehead atoms. The Hall–Kier alpha value is -3.87. The van der Waals surface area contributed by atoms with Crippen LogP contribution in [0, 0.1) is 0 Å². The molecular weight excluding hydrogens is 716 g/mol. The number of hydrogen-bond donors (Lipinski definition) is 11. The first-order valence-electron chi connectivity index (χ1n) is 16.3. The summed E-state index contributed by atoms with van der Waals surface area (Å²) >= 11 is 0. The van der Waals surface area contributed by atoms with Gasteiger partial charge in [0.15, 0.2) is 23.5 Å². The average Bonchev–Trinajstić information content (AvgIpc) is 3.13. The largest absolute Gasteiger partial charge is 0.504 e. The number of ether oxygens (including phenoxy) is 7. The molecule has 0 radical (unpaired) electrons. The Balaban J connectivity index is 1.38. The van der Waals surface area contributed by atoms with E-state index in [1.54, 1.807) is 0 Å². The first-order valence-corrected chi connectivity index (χ1v) is 16.3. The van der Waals surface area contributed by atoms with Gasteiger partial charge in [0.1, 0.15) is 83.5 Å². The summed E-state index contributed by atoms with van der Waals surface area (Å²) in [6, 6.07) is 5.88. The van der Waals surface area contributed by atoms with E-state index < -0.39 is 116 Å². The van der Waals surface area contributed by atoms with Gasteiger partial charge in [-0.05, 0) is 25.1 Å². The highest BCUT2D eigenvalue weighted by molar-refractivity contribution is 5.89. The average molecular weight is 757 g/mol. The van der Waals surface area contributed by atoms with E-state index in [1.165, 1.54) is 26.2 Å². The Bertz CT molecular complexity index is 1820. The van der Waals surface area contributed by atoms with Crippen molar-refractivity contribution in [2.75, 3.05) is 20.3 Å². The van der Waals surface area contributed by atoms with Gasteiger partial charge >= 0.3 is 0 Å². The second-order valence-electron chi connectivity index (χ2n) is 12.8. The van der Waals surface area contributed by atoms with Crippen LogP contribution in [0.3, 0.4) is 0 Å². The molecule has 2 aromatic carbocycles. The van der Waals surface area contributed by atoms with E-state index in [0.29, 0.717) is 0 Å². The van der Waals surface area contributed by atoms with Crippen LogP contribution in [-0.2, 0) is 18.9 Å². The lowest BCUT2D eigenvalue weighted by Crippen LogP contribution is -2.63. The molecular formula is C33H40O20. The minimum absolute atomic E-state index is 0.0927. The van der Waals surface area contributed by atoms with E-state index in [4.69, 9.17) is 37.6 Å². The van der Waals surface area contributed by atoms with Gasteiger partial charge in [0.05, 0.1) is 26.4 Å². The number of phenolic OH excluding ortho intramolecular Hbond substituents is 2. The molecule has 3 fully saturated rings. The van der Waals surface area contributed by atoms with Crippen molar-refractivity contribution in [2.45, 2.75) is 92.9 Å². The van der Waals surface area contributed by atoms with Gasteiger partial charge in [0.2, 0.25) is 23.8 Å². The van der Waals surface area contributed by atoms with Gasteiger partial charge < -0.3 is 93.7 Å². The smallest absolute Gasteiger partial charge is 0.239 e. The summed E-state index contributed by atoms with van der Waals surface area (Å²) in [7, 11) is 1.17. The predicted molar refractivity (Wildman–Crippen MR) is 172 cm³/mol. The molecule has 3 saturated heterocycles. The van der Waals surface area contributed by atoms with Crippen LogP contribution in [0.2, 0.25) is 0 Å². The Morgan fingerprint density at radius 2 is 1.47 bits per heavy atom. The van der Waals surface area contributed by atoms with Crippen molar-refractivity contribution >= 4 is 11.0 Å². The number of rotatable bonds is 9. The molecule has 0 saturated carbocycles. The second-order valence-corrected chi connectivity index (χ2v) is 12.8. The standard InChI is InChI=1S/C33H40O20/c1-10-20(38)23(41)25(43)32(48-10)51-17-7-12(6-16-19(17)22(40)30(46-2)28(50-16)11-3-4-13(35)14(36)5-11)49-31-27(45)29(15(37)9-47-31)53-33-26(44)24(42)21(39)18(8-34)52-33/h3-7,10,15,18,20-21,23-27,29,31-39,41-45H,8-9H2,1-2H3. The van der Waals surface area contributed by atoms with Crippen LogP contribution in [0.25, 0.3) is 22.3 Å². The van der Waals surface area contributed by atoms with E-state index in [-0.39, 0.29) is 39.5 Å². The van der Waals surface area contributed by atoms with Crippen LogP contribution in [0.5, 0.6) is 28.7 Å². The Kier molecular flexibility index (Phi) is 11.3. The lowest BCUT2D eigenvalue weighted by Gasteiger charge is -2.44. The number of fused-ring (bicyclic) bond motifs is 1. The summed E-state index contributed by atoms with van der Waals surface area (Å²) in [5.74, 6) is -2.19. The maximum absolute atomic E-state index is 14.0. The molecule has 0 aliphatic carbocycles. The van der Waals surface area contributed by atoms with Crippen LogP contribution < -0.4 is 19.6 Å². The van der Waals surface area contributed by atoms with Crippen molar-refractivity contribution in [3.63, 3.8) is 0 Å². The molecule has 3 aromatic rings. The van der Waals surface area contributed by atoms with Crippen molar-refractivity contribution in [3.05, 3.63) is 40.6 Å². The predicted octanol–water partition coefficient (Wildman–Crippen LogP) is -3.27. The van der Waals surface area contributed by atoms with Crippen LogP contribution in [0.1, 0.15) is 6.92 Å². The summed E-state index contributed by atoms with van der Waals surface area (Å²) in [5, 5.41) is 113. The molecule has 292 valence electrons. The summed E-state index contributed by atoms with van der Waals surface area (Å²) in [5.41, 5.74) is -0.999. The first-order chi connectivity index (χ1) is 25.1. The number of aliphatic hydroxyl groups excluding tert-OH is 9. The SMILES string of the molecule is COc1c(-c2ccc(O)c(O)c2)oc2cc(OC3OCC(O)C(OC4OC(CO)C(O)C(O)C4O)C3O)cc(OC3OC(C)C(O)C(O)C3O)c2c1=O. The molecule has 4 heterocycles. The van der Waals surface area contributed by atoms with Crippen molar-refractivity contribution < 1.29 is 93.7 Å². The monoisotopic (exact) mass is 756 g/mol. The number of methoxy groups -OCH3 is 1. The number of phenols is 2. The summed E-state index contributed by atoms with van der Waals surface area (Å²) in [6.45, 7) is 0.131. The highest BCUT2D eigenvalue weighted by atomic mass is 16.7. The lowest BCUT2D eigenvalue weighted by atomic mass is 9.98. The van der Waals surface area contributed by atoms with Gasteiger partial charge in [-0.1, -0.05) is 0 Å². The molecule has 3 aliphatic rings. The zero-order valence-corrected chi connectivity index (χ0v) is 28.0. The zero-order chi connectivity index (χ0) is 38.5. The zero-order valence-electron chi connectivity index (χ0n) is 28.0. The van der Waals surface area contributed by atoms with Gasteiger partial charge in [0, 0.05) is 17.7 Å². The molecule has 0 amide bonds. The molecule has 53 heavy (non-hydrogen) atoms. The summed E-state index contributed by atoms with van der Waals surface area (Å²) in [4.78, 5) is 14.0. The van der Waals surface area contributed by atoms with E-state index in [2.05, 4.69) is 0 Å². The molecule has 14 atom stereocenters. The van der Waals surface area contributed by atoms with Gasteiger partial charge in [0.25, 0.3) is 0 Å². The third kappa shape index (κ3) is 7.34. The Morgan fingerprint density at radius 1 is 0.774 bits per heavy atom. The van der Waals surface area contributed by atoms with E-state index >= 15 is 0 Å². The highest BCUT2D eigenvalue weighted by Crippen LogP contribution is 2.40. The normalized spacial score (nSPS) is 36.3.